The van der Waals surface area contributed by atoms with Gasteiger partial charge in [0, 0.05) is 11.1 Å². The first-order valence-corrected chi connectivity index (χ1v) is 6.40. The molecule has 1 aromatic heterocycles. The molecule has 1 rings (SSSR count). The summed E-state index contributed by atoms with van der Waals surface area (Å²) in [5, 5.41) is 9.01. The lowest BCUT2D eigenvalue weighted by Crippen LogP contribution is -2.18. The lowest BCUT2D eigenvalue weighted by molar-refractivity contribution is -0.138. The van der Waals surface area contributed by atoms with Gasteiger partial charge in [0.05, 0.1) is 11.1 Å². The Morgan fingerprint density at radius 3 is 2.17 bits per heavy atom. The second kappa shape index (κ2) is 4.81. The molecule has 0 fully saturated rings. The zero-order valence-corrected chi connectivity index (χ0v) is 11.3. The van der Waals surface area contributed by atoms with Gasteiger partial charge in [-0.25, -0.2) is 4.98 Å². The molecule has 1 aromatic rings. The summed E-state index contributed by atoms with van der Waals surface area (Å²) in [4.78, 5) is 4.15. The molecule has 0 bridgehead atoms. The Bertz CT molecular complexity index is 496. The van der Waals surface area contributed by atoms with Gasteiger partial charge in [-0.1, -0.05) is 20.8 Å². The maximum absolute atomic E-state index is 12.9. The molecule has 0 saturated heterocycles. The average Bonchev–Trinajstić information content (AvgIpc) is 2.24. The van der Waals surface area contributed by atoms with Crippen molar-refractivity contribution >= 4 is 11.8 Å². The normalized spacial score (nSPS) is 12.3. The minimum atomic E-state index is -4.54. The van der Waals surface area contributed by atoms with Crippen molar-refractivity contribution in [3.63, 3.8) is 0 Å². The fourth-order valence-electron chi connectivity index (χ4n) is 1.39. The van der Waals surface area contributed by atoms with Crippen molar-refractivity contribution in [2.75, 3.05) is 6.26 Å². The highest BCUT2D eigenvalue weighted by Gasteiger charge is 2.36. The van der Waals surface area contributed by atoms with Crippen LogP contribution >= 0.6 is 11.8 Å². The Morgan fingerprint density at radius 2 is 1.83 bits per heavy atom. The molecule has 2 nitrogen and oxygen atoms in total. The van der Waals surface area contributed by atoms with Crippen LogP contribution in [0.15, 0.2) is 11.1 Å². The Balaban J connectivity index is 3.63. The molecule has 1 heterocycles. The summed E-state index contributed by atoms with van der Waals surface area (Å²) in [5.41, 5.74) is -1.48. The van der Waals surface area contributed by atoms with Crippen LogP contribution in [0.1, 0.15) is 37.6 Å². The molecule has 0 amide bonds. The van der Waals surface area contributed by atoms with Crippen LogP contribution in [0, 0.1) is 11.3 Å². The highest BCUT2D eigenvalue weighted by molar-refractivity contribution is 7.98. The van der Waals surface area contributed by atoms with Crippen LogP contribution in [-0.2, 0) is 11.6 Å². The molecule has 0 aliphatic heterocycles. The second-order valence-electron chi connectivity index (χ2n) is 4.80. The van der Waals surface area contributed by atoms with E-state index < -0.39 is 22.7 Å². The smallest absolute Gasteiger partial charge is 0.245 e. The zero-order valence-electron chi connectivity index (χ0n) is 10.5. The minimum absolute atomic E-state index is 0.122. The van der Waals surface area contributed by atoms with Crippen LogP contribution in [0.3, 0.4) is 0 Å². The molecule has 0 N–H and O–H groups in total. The third-order valence-corrected chi connectivity index (χ3v) is 3.05. The van der Waals surface area contributed by atoms with Gasteiger partial charge in [-0.3, -0.25) is 0 Å². The van der Waals surface area contributed by atoms with Gasteiger partial charge in [-0.15, -0.1) is 11.8 Å². The number of thioether (sulfide) groups is 1. The van der Waals surface area contributed by atoms with E-state index in [9.17, 15) is 13.2 Å². The van der Waals surface area contributed by atoms with E-state index in [0.29, 0.717) is 5.69 Å². The number of nitriles is 1. The van der Waals surface area contributed by atoms with Crippen molar-refractivity contribution in [1.29, 1.82) is 5.26 Å². The first-order valence-electron chi connectivity index (χ1n) is 5.18. The van der Waals surface area contributed by atoms with E-state index in [2.05, 4.69) is 4.98 Å². The van der Waals surface area contributed by atoms with Gasteiger partial charge in [-0.2, -0.15) is 18.4 Å². The Hall–Kier alpha value is -1.22. The van der Waals surface area contributed by atoms with Crippen molar-refractivity contribution in [3.8, 4) is 6.07 Å². The molecule has 0 aromatic carbocycles. The van der Waals surface area contributed by atoms with Crippen molar-refractivity contribution in [1.82, 2.24) is 4.98 Å². The number of pyridine rings is 1. The zero-order chi connectivity index (χ0) is 14.1. The number of alkyl halides is 3. The minimum Gasteiger partial charge on any atom is -0.245 e. The second-order valence-corrected chi connectivity index (χ2v) is 5.59. The van der Waals surface area contributed by atoms with Crippen LogP contribution in [-0.4, -0.2) is 11.2 Å². The van der Waals surface area contributed by atoms with Crippen LogP contribution < -0.4 is 0 Å². The monoisotopic (exact) mass is 274 g/mol. The van der Waals surface area contributed by atoms with Crippen molar-refractivity contribution in [2.24, 2.45) is 0 Å². The van der Waals surface area contributed by atoms with Gasteiger partial charge in [0.1, 0.15) is 11.1 Å². The van der Waals surface area contributed by atoms with E-state index in [1.807, 2.05) is 0 Å². The van der Waals surface area contributed by atoms with E-state index in [-0.39, 0.29) is 5.03 Å². The third kappa shape index (κ3) is 2.96. The maximum Gasteiger partial charge on any atom is 0.417 e. The predicted molar refractivity (Wildman–Crippen MR) is 64.4 cm³/mol. The molecule has 98 valence electrons. The molecule has 0 radical (unpaired) electrons. The van der Waals surface area contributed by atoms with Crippen LogP contribution in [0.4, 0.5) is 13.2 Å². The fourth-order valence-corrected chi connectivity index (χ4v) is 1.93. The summed E-state index contributed by atoms with van der Waals surface area (Å²) < 4.78 is 38.8. The molecular formula is C12H13F3N2S. The van der Waals surface area contributed by atoms with E-state index in [1.54, 1.807) is 33.1 Å². The number of aromatic nitrogens is 1. The molecule has 0 spiro atoms. The van der Waals surface area contributed by atoms with Crippen LogP contribution in [0.5, 0.6) is 0 Å². The Kier molecular flexibility index (Phi) is 3.96. The number of nitrogens with zero attached hydrogens (tertiary/aromatic N) is 2. The maximum atomic E-state index is 12.9. The summed E-state index contributed by atoms with van der Waals surface area (Å²) >= 11 is 1.05. The van der Waals surface area contributed by atoms with Gasteiger partial charge in [0.2, 0.25) is 0 Å². The third-order valence-electron chi connectivity index (χ3n) is 2.37. The molecule has 6 heteroatoms. The number of hydrogen-bond donors (Lipinski definition) is 0. The highest BCUT2D eigenvalue weighted by atomic mass is 32.2. The van der Waals surface area contributed by atoms with Crippen LogP contribution in [0.25, 0.3) is 0 Å². The summed E-state index contributed by atoms with van der Waals surface area (Å²) in [6.07, 6.45) is -2.94. The molecule has 0 unspecified atom stereocenters. The summed E-state index contributed by atoms with van der Waals surface area (Å²) in [7, 11) is 0. The fraction of sp³-hybridized carbons (Fsp3) is 0.500. The largest absolute Gasteiger partial charge is 0.417 e. The average molecular weight is 274 g/mol. The number of rotatable bonds is 1. The standard InChI is InChI=1S/C12H13F3N2S/c1-11(2,3)9-5-8(12(13,14)15)7(6-16)10(17-9)18-4/h5H,1-4H3. The van der Waals surface area contributed by atoms with Gasteiger partial charge in [0.25, 0.3) is 0 Å². The molecule has 0 atom stereocenters. The molecular weight excluding hydrogens is 261 g/mol. The van der Waals surface area contributed by atoms with Crippen molar-refractivity contribution in [2.45, 2.75) is 37.4 Å². The lowest BCUT2D eigenvalue weighted by atomic mass is 9.90. The topological polar surface area (TPSA) is 36.7 Å². The van der Waals surface area contributed by atoms with Gasteiger partial charge in [-0.05, 0) is 12.3 Å². The quantitative estimate of drug-likeness (QED) is 0.726. The van der Waals surface area contributed by atoms with E-state index >= 15 is 0 Å². The first-order chi connectivity index (χ1) is 8.11. The van der Waals surface area contributed by atoms with Gasteiger partial charge < -0.3 is 0 Å². The number of hydrogen-bond acceptors (Lipinski definition) is 3. The van der Waals surface area contributed by atoms with E-state index in [4.69, 9.17) is 5.26 Å². The van der Waals surface area contributed by atoms with E-state index in [0.717, 1.165) is 17.8 Å². The molecule has 18 heavy (non-hydrogen) atoms. The van der Waals surface area contributed by atoms with Crippen molar-refractivity contribution < 1.29 is 13.2 Å². The van der Waals surface area contributed by atoms with E-state index in [1.165, 1.54) is 0 Å². The Labute approximate surface area is 108 Å². The molecule has 0 aliphatic carbocycles. The predicted octanol–water partition coefficient (Wildman–Crippen LogP) is 3.99. The summed E-state index contributed by atoms with van der Waals surface area (Å²) in [5.74, 6) is 0. The lowest BCUT2D eigenvalue weighted by Gasteiger charge is -2.21. The van der Waals surface area contributed by atoms with Gasteiger partial charge in [0.15, 0.2) is 0 Å². The first kappa shape index (κ1) is 14.8. The summed E-state index contributed by atoms with van der Waals surface area (Å²) in [6, 6.07) is 2.57. The Morgan fingerprint density at radius 1 is 1.28 bits per heavy atom. The van der Waals surface area contributed by atoms with Gasteiger partial charge >= 0.3 is 6.18 Å². The summed E-state index contributed by atoms with van der Waals surface area (Å²) in [6.45, 7) is 5.35. The molecule has 0 saturated carbocycles. The molecule has 0 aliphatic rings. The van der Waals surface area contributed by atoms with Crippen LogP contribution in [0.2, 0.25) is 0 Å². The SMILES string of the molecule is CSc1nc(C(C)(C)C)cc(C(F)(F)F)c1C#N. The highest BCUT2D eigenvalue weighted by Crippen LogP contribution is 2.37. The van der Waals surface area contributed by atoms with Crippen molar-refractivity contribution in [3.05, 3.63) is 22.9 Å². The number of halogens is 3.